The molecule has 36 heavy (non-hydrogen) atoms. The van der Waals surface area contributed by atoms with Gasteiger partial charge in [0.25, 0.3) is 5.56 Å². The lowest BCUT2D eigenvalue weighted by atomic mass is 10.1. The third-order valence-electron chi connectivity index (χ3n) is 5.91. The number of rotatable bonds is 6. The van der Waals surface area contributed by atoms with Crippen LogP contribution >= 0.6 is 11.6 Å². The normalized spacial score (nSPS) is 11.1. The van der Waals surface area contributed by atoms with Crippen molar-refractivity contribution < 1.29 is 9.53 Å². The number of carbonyl (C=O) groups excluding carboxylic acids is 1. The molecule has 0 saturated heterocycles. The summed E-state index contributed by atoms with van der Waals surface area (Å²) in [5.74, 6) is 0.134. The Morgan fingerprint density at radius 2 is 1.78 bits per heavy atom. The van der Waals surface area contributed by atoms with Gasteiger partial charge >= 0.3 is 0 Å². The molecule has 0 fully saturated rings. The molecule has 3 aromatic heterocycles. The lowest BCUT2D eigenvalue weighted by molar-refractivity contribution is 0.0922. The number of benzene rings is 2. The predicted octanol–water partition coefficient (Wildman–Crippen LogP) is 5.39. The average Bonchev–Trinajstić information content (AvgIpc) is 3.24. The summed E-state index contributed by atoms with van der Waals surface area (Å²) >= 11 is 5.90. The highest BCUT2D eigenvalue weighted by Crippen LogP contribution is 2.24. The second-order valence-electron chi connectivity index (χ2n) is 8.58. The number of carbonyl (C=O) groups is 1. The van der Waals surface area contributed by atoms with Crippen molar-refractivity contribution in [3.63, 3.8) is 0 Å². The molecule has 0 aliphatic carbocycles. The van der Waals surface area contributed by atoms with Crippen LogP contribution in [0.2, 0.25) is 5.02 Å². The Balaban J connectivity index is 1.50. The quantitative estimate of drug-likeness (QED) is 0.293. The van der Waals surface area contributed by atoms with E-state index in [0.29, 0.717) is 38.9 Å². The molecule has 2 aromatic carbocycles. The molecule has 0 aliphatic rings. The Morgan fingerprint density at radius 3 is 2.53 bits per heavy atom. The molecule has 7 nitrogen and oxygen atoms in total. The van der Waals surface area contributed by atoms with E-state index in [2.05, 4.69) is 4.98 Å². The zero-order chi connectivity index (χ0) is 25.4. The maximum absolute atomic E-state index is 13.5. The van der Waals surface area contributed by atoms with Crippen molar-refractivity contribution in [2.45, 2.75) is 20.8 Å². The average molecular weight is 499 g/mol. The van der Waals surface area contributed by atoms with Gasteiger partial charge in [0, 0.05) is 22.5 Å². The Bertz CT molecular complexity index is 1670. The van der Waals surface area contributed by atoms with E-state index in [-0.39, 0.29) is 17.9 Å². The van der Waals surface area contributed by atoms with E-state index in [1.807, 2.05) is 48.9 Å². The van der Waals surface area contributed by atoms with Crippen LogP contribution in [0.5, 0.6) is 5.75 Å². The number of hydrogen-bond acceptors (Lipinski definition) is 5. The van der Waals surface area contributed by atoms with Gasteiger partial charge in [-0.2, -0.15) is 5.10 Å². The Labute approximate surface area is 212 Å². The Hall–Kier alpha value is -4.23. The Morgan fingerprint density at radius 1 is 1.00 bits per heavy atom. The first-order chi connectivity index (χ1) is 17.3. The molecule has 0 spiro atoms. The van der Waals surface area contributed by atoms with Crippen molar-refractivity contribution in [2.75, 3.05) is 6.61 Å². The van der Waals surface area contributed by atoms with Crippen LogP contribution in [0.1, 0.15) is 27.3 Å². The van der Waals surface area contributed by atoms with Crippen LogP contribution in [0.4, 0.5) is 0 Å². The second-order valence-corrected chi connectivity index (χ2v) is 9.02. The monoisotopic (exact) mass is 498 g/mol. The summed E-state index contributed by atoms with van der Waals surface area (Å²) < 4.78 is 9.03. The molecule has 5 rings (SSSR count). The van der Waals surface area contributed by atoms with Gasteiger partial charge in [0.05, 0.1) is 16.9 Å². The minimum atomic E-state index is -0.263. The van der Waals surface area contributed by atoms with E-state index in [0.717, 1.165) is 16.9 Å². The minimum absolute atomic E-state index is 0.196. The number of fused-ring (bicyclic) bond motifs is 1. The Kier molecular flexibility index (Phi) is 6.16. The largest absolute Gasteiger partial charge is 0.482 e. The van der Waals surface area contributed by atoms with Crippen molar-refractivity contribution >= 4 is 23.0 Å². The molecule has 0 radical (unpaired) electrons. The van der Waals surface area contributed by atoms with Gasteiger partial charge in [0.15, 0.2) is 23.8 Å². The fraction of sp³-hybridized carbons (Fsp3) is 0.143. The third kappa shape index (κ3) is 4.41. The third-order valence-corrected chi connectivity index (χ3v) is 6.17. The highest BCUT2D eigenvalue weighted by Gasteiger charge is 2.19. The van der Waals surface area contributed by atoms with E-state index < -0.39 is 0 Å². The summed E-state index contributed by atoms with van der Waals surface area (Å²) in [7, 11) is 0. The van der Waals surface area contributed by atoms with Gasteiger partial charge in [0.1, 0.15) is 5.69 Å². The van der Waals surface area contributed by atoms with Gasteiger partial charge in [-0.25, -0.2) is 9.67 Å². The van der Waals surface area contributed by atoms with Crippen molar-refractivity contribution in [3.8, 4) is 22.7 Å². The molecule has 0 amide bonds. The summed E-state index contributed by atoms with van der Waals surface area (Å²) in [6, 6.07) is 19.9. The summed E-state index contributed by atoms with van der Waals surface area (Å²) in [6.45, 7) is 5.55. The number of hydrogen-bond donors (Lipinski definition) is 0. The van der Waals surface area contributed by atoms with Crippen LogP contribution in [-0.2, 0) is 0 Å². The molecule has 0 saturated carbocycles. The molecule has 0 bridgehead atoms. The first kappa shape index (κ1) is 23.5. The number of pyridine rings is 1. The van der Waals surface area contributed by atoms with E-state index in [4.69, 9.17) is 21.4 Å². The fourth-order valence-corrected chi connectivity index (χ4v) is 4.26. The summed E-state index contributed by atoms with van der Waals surface area (Å²) in [6.07, 6.45) is 1.63. The maximum atomic E-state index is 13.5. The van der Waals surface area contributed by atoms with Crippen molar-refractivity contribution in [1.29, 1.82) is 0 Å². The van der Waals surface area contributed by atoms with Crippen LogP contribution in [0.15, 0.2) is 77.7 Å². The van der Waals surface area contributed by atoms with Gasteiger partial charge < -0.3 is 4.74 Å². The predicted molar refractivity (Wildman–Crippen MR) is 140 cm³/mol. The molecule has 0 atom stereocenters. The summed E-state index contributed by atoms with van der Waals surface area (Å²) in [4.78, 5) is 30.7. The fourth-order valence-electron chi connectivity index (χ4n) is 4.13. The van der Waals surface area contributed by atoms with Crippen molar-refractivity contribution in [2.24, 2.45) is 0 Å². The summed E-state index contributed by atoms with van der Waals surface area (Å²) in [5, 5.41) is 5.27. The smallest absolute Gasteiger partial charge is 0.267 e. The number of ketones is 1. The second kappa shape index (κ2) is 9.43. The van der Waals surface area contributed by atoms with Crippen LogP contribution in [0, 0.1) is 20.8 Å². The van der Waals surface area contributed by atoms with E-state index >= 15 is 0 Å². The van der Waals surface area contributed by atoms with E-state index in [1.54, 1.807) is 49.5 Å². The lowest BCUT2D eigenvalue weighted by Gasteiger charge is -2.11. The van der Waals surface area contributed by atoms with Gasteiger partial charge in [-0.15, -0.1) is 0 Å². The molecule has 0 aliphatic heterocycles. The van der Waals surface area contributed by atoms with E-state index in [1.165, 1.54) is 4.40 Å². The number of ether oxygens (including phenoxy) is 1. The number of aromatic nitrogens is 4. The van der Waals surface area contributed by atoms with Crippen molar-refractivity contribution in [3.05, 3.63) is 111 Å². The van der Waals surface area contributed by atoms with Crippen molar-refractivity contribution in [1.82, 2.24) is 19.2 Å². The van der Waals surface area contributed by atoms with Crippen LogP contribution in [0.25, 0.3) is 22.6 Å². The number of aryl methyl sites for hydroxylation is 3. The molecule has 180 valence electrons. The zero-order valence-electron chi connectivity index (χ0n) is 20.0. The highest BCUT2D eigenvalue weighted by molar-refractivity contribution is 6.30. The summed E-state index contributed by atoms with van der Waals surface area (Å²) in [5.41, 5.74) is 4.98. The lowest BCUT2D eigenvalue weighted by Crippen LogP contribution is -2.20. The van der Waals surface area contributed by atoms with E-state index in [9.17, 15) is 9.59 Å². The molecule has 5 aromatic rings. The highest BCUT2D eigenvalue weighted by atomic mass is 35.5. The zero-order valence-corrected chi connectivity index (χ0v) is 20.8. The topological polar surface area (TPSA) is 78.5 Å². The molecule has 0 N–H and O–H groups in total. The molecular formula is C28H23ClN4O3. The maximum Gasteiger partial charge on any atom is 0.267 e. The van der Waals surface area contributed by atoms with Gasteiger partial charge in [-0.3, -0.25) is 14.0 Å². The van der Waals surface area contributed by atoms with Crippen LogP contribution < -0.4 is 10.3 Å². The number of halogens is 1. The number of nitrogens with zero attached hydrogens (tertiary/aromatic N) is 4. The minimum Gasteiger partial charge on any atom is -0.482 e. The molecule has 3 heterocycles. The SMILES string of the molecule is Cc1cccc(-n2nc(-c3c(C)nc4c(OCC(=O)c5ccc(Cl)cc5)cccn4c3=O)cc2C)c1. The van der Waals surface area contributed by atoms with Gasteiger partial charge in [-0.1, -0.05) is 23.7 Å². The standard InChI is InChI=1S/C28H23ClN4O3/c1-17-6-4-7-22(14-17)33-18(2)15-23(31-33)26-19(3)30-27-25(8-5-13-32(27)28(26)35)36-16-24(34)20-9-11-21(29)12-10-20/h4-15H,16H2,1-3H3. The molecule has 0 unspecified atom stereocenters. The first-order valence-electron chi connectivity index (χ1n) is 11.4. The van der Waals surface area contributed by atoms with Gasteiger partial charge in [-0.05, 0) is 80.9 Å². The van der Waals surface area contributed by atoms with Gasteiger partial charge in [0.2, 0.25) is 0 Å². The first-order valence-corrected chi connectivity index (χ1v) is 11.8. The van der Waals surface area contributed by atoms with Crippen LogP contribution in [0.3, 0.4) is 0 Å². The molecule has 8 heteroatoms. The molecular weight excluding hydrogens is 476 g/mol. The van der Waals surface area contributed by atoms with Crippen LogP contribution in [-0.4, -0.2) is 31.6 Å². The number of Topliss-reactive ketones (excluding diaryl/α,β-unsaturated/α-hetero) is 1.